The number of esters is 1. The SMILES string of the molecule is Cc1ccccc1N(CC(=O)OCc1ccc(Cl)c(Cl)c1)S(C)(=O)=O. The lowest BCUT2D eigenvalue weighted by atomic mass is 10.2. The Bertz CT molecular complexity index is 884. The first-order chi connectivity index (χ1) is 11.7. The number of carbonyl (C=O) groups is 1. The summed E-state index contributed by atoms with van der Waals surface area (Å²) in [6.45, 7) is 1.33. The molecule has 0 spiro atoms. The summed E-state index contributed by atoms with van der Waals surface area (Å²) in [4.78, 5) is 12.1. The van der Waals surface area contributed by atoms with Gasteiger partial charge in [-0.2, -0.15) is 0 Å². The molecule has 0 fully saturated rings. The largest absolute Gasteiger partial charge is 0.459 e. The summed E-state index contributed by atoms with van der Waals surface area (Å²) in [6.07, 6.45) is 1.05. The van der Waals surface area contributed by atoms with Crippen molar-refractivity contribution in [2.75, 3.05) is 17.1 Å². The number of benzene rings is 2. The van der Waals surface area contributed by atoms with Crippen molar-refractivity contribution < 1.29 is 17.9 Å². The fourth-order valence-electron chi connectivity index (χ4n) is 2.18. The zero-order chi connectivity index (χ0) is 18.6. The van der Waals surface area contributed by atoms with Crippen LogP contribution in [0.15, 0.2) is 42.5 Å². The molecule has 0 aromatic heterocycles. The van der Waals surface area contributed by atoms with Gasteiger partial charge in [-0.05, 0) is 36.2 Å². The Kier molecular flexibility index (Phi) is 6.32. The third-order valence-corrected chi connectivity index (χ3v) is 5.31. The van der Waals surface area contributed by atoms with Crippen molar-refractivity contribution in [1.29, 1.82) is 0 Å². The van der Waals surface area contributed by atoms with E-state index in [2.05, 4.69) is 0 Å². The van der Waals surface area contributed by atoms with Crippen LogP contribution in [0.25, 0.3) is 0 Å². The Morgan fingerprint density at radius 2 is 1.80 bits per heavy atom. The maximum atomic E-state index is 12.1. The normalized spacial score (nSPS) is 11.2. The molecule has 0 atom stereocenters. The van der Waals surface area contributed by atoms with E-state index in [1.54, 1.807) is 49.4 Å². The Morgan fingerprint density at radius 3 is 2.40 bits per heavy atom. The van der Waals surface area contributed by atoms with Crippen LogP contribution >= 0.6 is 23.2 Å². The number of ether oxygens (including phenoxy) is 1. The molecule has 25 heavy (non-hydrogen) atoms. The molecule has 5 nitrogen and oxygen atoms in total. The summed E-state index contributed by atoms with van der Waals surface area (Å²) >= 11 is 11.7. The van der Waals surface area contributed by atoms with Crippen molar-refractivity contribution >= 4 is 44.9 Å². The lowest BCUT2D eigenvalue weighted by Crippen LogP contribution is -2.36. The highest BCUT2D eigenvalue weighted by molar-refractivity contribution is 7.92. The minimum atomic E-state index is -3.64. The summed E-state index contributed by atoms with van der Waals surface area (Å²) in [5, 5.41) is 0.757. The zero-order valence-corrected chi connectivity index (χ0v) is 16.0. The van der Waals surface area contributed by atoms with Crippen molar-refractivity contribution in [3.8, 4) is 0 Å². The number of aryl methyl sites for hydroxylation is 1. The highest BCUT2D eigenvalue weighted by Crippen LogP contribution is 2.24. The number of anilines is 1. The molecule has 8 heteroatoms. The van der Waals surface area contributed by atoms with Gasteiger partial charge in [-0.25, -0.2) is 8.42 Å². The molecule has 134 valence electrons. The lowest BCUT2D eigenvalue weighted by molar-refractivity contribution is -0.143. The molecule has 0 amide bonds. The van der Waals surface area contributed by atoms with Gasteiger partial charge in [0.15, 0.2) is 0 Å². The van der Waals surface area contributed by atoms with Gasteiger partial charge in [0.1, 0.15) is 13.2 Å². The second kappa shape index (κ2) is 8.08. The van der Waals surface area contributed by atoms with E-state index in [1.807, 2.05) is 0 Å². The second-order valence-electron chi connectivity index (χ2n) is 5.47. The van der Waals surface area contributed by atoms with E-state index in [9.17, 15) is 13.2 Å². The van der Waals surface area contributed by atoms with Crippen molar-refractivity contribution in [3.63, 3.8) is 0 Å². The van der Waals surface area contributed by atoms with Crippen LogP contribution in [-0.2, 0) is 26.2 Å². The highest BCUT2D eigenvalue weighted by atomic mass is 35.5. The average Bonchev–Trinajstić information content (AvgIpc) is 2.53. The van der Waals surface area contributed by atoms with Crippen LogP contribution < -0.4 is 4.31 Å². The number of sulfonamides is 1. The summed E-state index contributed by atoms with van der Waals surface area (Å²) in [6, 6.07) is 11.8. The second-order valence-corrected chi connectivity index (χ2v) is 8.19. The molecule has 2 rings (SSSR count). The van der Waals surface area contributed by atoms with Crippen LogP contribution in [0.1, 0.15) is 11.1 Å². The third-order valence-electron chi connectivity index (χ3n) is 3.44. The molecular formula is C17H17Cl2NO4S. The van der Waals surface area contributed by atoms with E-state index >= 15 is 0 Å². The van der Waals surface area contributed by atoms with Crippen LogP contribution in [-0.4, -0.2) is 27.2 Å². The first-order valence-electron chi connectivity index (χ1n) is 7.31. The standard InChI is InChI=1S/C17H17Cl2NO4S/c1-12-5-3-4-6-16(12)20(25(2,22)23)10-17(21)24-11-13-7-8-14(18)15(19)9-13/h3-9H,10-11H2,1-2H3. The van der Waals surface area contributed by atoms with E-state index in [0.717, 1.165) is 16.1 Å². The Hall–Kier alpha value is -1.76. The Balaban J connectivity index is 2.10. The molecule has 0 aliphatic heterocycles. The van der Waals surface area contributed by atoms with Crippen LogP contribution in [0.4, 0.5) is 5.69 Å². The summed E-state index contributed by atoms with van der Waals surface area (Å²) in [7, 11) is -3.64. The molecule has 2 aromatic carbocycles. The van der Waals surface area contributed by atoms with Crippen LogP contribution in [0.2, 0.25) is 10.0 Å². The first kappa shape index (κ1) is 19.6. The topological polar surface area (TPSA) is 63.7 Å². The number of hydrogen-bond donors (Lipinski definition) is 0. The van der Waals surface area contributed by atoms with Crippen LogP contribution in [0.3, 0.4) is 0 Å². The average molecular weight is 402 g/mol. The molecule has 0 N–H and O–H groups in total. The van der Waals surface area contributed by atoms with Gasteiger partial charge in [-0.1, -0.05) is 47.5 Å². The van der Waals surface area contributed by atoms with Gasteiger partial charge in [-0.15, -0.1) is 0 Å². The van der Waals surface area contributed by atoms with Gasteiger partial charge in [-0.3, -0.25) is 9.10 Å². The molecule has 0 aliphatic rings. The minimum absolute atomic E-state index is 0.0267. The van der Waals surface area contributed by atoms with Crippen LogP contribution in [0, 0.1) is 6.92 Å². The van der Waals surface area contributed by atoms with Crippen molar-refractivity contribution in [2.24, 2.45) is 0 Å². The van der Waals surface area contributed by atoms with Gasteiger partial charge >= 0.3 is 5.97 Å². The number of nitrogens with zero attached hydrogens (tertiary/aromatic N) is 1. The Morgan fingerprint density at radius 1 is 1.12 bits per heavy atom. The molecule has 0 bridgehead atoms. The quantitative estimate of drug-likeness (QED) is 0.690. The van der Waals surface area contributed by atoms with Gasteiger partial charge in [0.25, 0.3) is 0 Å². The molecule has 0 saturated carbocycles. The molecule has 0 aliphatic carbocycles. The predicted molar refractivity (Wildman–Crippen MR) is 99.6 cm³/mol. The molecule has 0 heterocycles. The van der Waals surface area contributed by atoms with E-state index in [1.165, 1.54) is 0 Å². The monoisotopic (exact) mass is 401 g/mol. The van der Waals surface area contributed by atoms with Gasteiger partial charge in [0.2, 0.25) is 10.0 Å². The maximum Gasteiger partial charge on any atom is 0.327 e. The van der Waals surface area contributed by atoms with Gasteiger partial charge in [0, 0.05) is 0 Å². The minimum Gasteiger partial charge on any atom is -0.459 e. The maximum absolute atomic E-state index is 12.1. The van der Waals surface area contributed by atoms with E-state index in [-0.39, 0.29) is 6.61 Å². The van der Waals surface area contributed by atoms with E-state index in [0.29, 0.717) is 21.3 Å². The van der Waals surface area contributed by atoms with Gasteiger partial charge < -0.3 is 4.74 Å². The predicted octanol–water partition coefficient (Wildman–Crippen LogP) is 3.81. The van der Waals surface area contributed by atoms with E-state index in [4.69, 9.17) is 27.9 Å². The lowest BCUT2D eigenvalue weighted by Gasteiger charge is -2.23. The molecule has 0 unspecified atom stereocenters. The van der Waals surface area contributed by atoms with Crippen molar-refractivity contribution in [1.82, 2.24) is 0 Å². The van der Waals surface area contributed by atoms with E-state index < -0.39 is 22.5 Å². The molecular weight excluding hydrogens is 385 g/mol. The third kappa shape index (κ3) is 5.36. The first-order valence-corrected chi connectivity index (χ1v) is 9.92. The highest BCUT2D eigenvalue weighted by Gasteiger charge is 2.22. The fraction of sp³-hybridized carbons (Fsp3) is 0.235. The van der Waals surface area contributed by atoms with Crippen molar-refractivity contribution in [2.45, 2.75) is 13.5 Å². The number of carbonyl (C=O) groups excluding carboxylic acids is 1. The van der Waals surface area contributed by atoms with Crippen LogP contribution in [0.5, 0.6) is 0 Å². The smallest absolute Gasteiger partial charge is 0.327 e. The summed E-state index contributed by atoms with van der Waals surface area (Å²) < 4.78 is 30.3. The van der Waals surface area contributed by atoms with Gasteiger partial charge in [0.05, 0.1) is 22.0 Å². The fourth-order valence-corrected chi connectivity index (χ4v) is 3.40. The number of halogens is 2. The number of para-hydroxylation sites is 1. The Labute approximate surface area is 157 Å². The molecule has 0 saturated heterocycles. The zero-order valence-electron chi connectivity index (χ0n) is 13.7. The number of rotatable bonds is 6. The summed E-state index contributed by atoms with van der Waals surface area (Å²) in [5.41, 5.74) is 1.84. The summed E-state index contributed by atoms with van der Waals surface area (Å²) in [5.74, 6) is -0.667. The number of hydrogen-bond acceptors (Lipinski definition) is 4. The molecule has 0 radical (unpaired) electrons. The van der Waals surface area contributed by atoms with Crippen molar-refractivity contribution in [3.05, 3.63) is 63.6 Å². The molecule has 2 aromatic rings.